The molecule has 2 nitrogen and oxygen atoms in total. The van der Waals surface area contributed by atoms with Crippen molar-refractivity contribution < 1.29 is 6.51 Å². The van der Waals surface area contributed by atoms with Crippen molar-refractivity contribution in [2.45, 2.75) is 179 Å². The van der Waals surface area contributed by atoms with Crippen LogP contribution in [0.2, 0.25) is 84.7 Å². The fourth-order valence-electron chi connectivity index (χ4n) is 28.6. The predicted molar refractivity (Wildman–Crippen MR) is 186 cm³/mol. The van der Waals surface area contributed by atoms with Crippen LogP contribution in [-0.2, 0) is 6.51 Å². The Morgan fingerprint density at radius 3 is 1.49 bits per heavy atom. The van der Waals surface area contributed by atoms with E-state index in [4.69, 9.17) is 0 Å². The molecule has 12 aliphatic heterocycles. The molecular weight excluding hydrogens is 610 g/mol. The van der Waals surface area contributed by atoms with Crippen molar-refractivity contribution in [2.75, 3.05) is 19.3 Å². The topological polar surface area (TPSA) is 24.1 Å². The SMILES string of the molecule is CC(C)(C)P(C[C]12[C]3(C(P)(C4CCCN4)C4CCCN4)[CH]4[C]5([Si](C)(C)C)[C]1([Si](C)(C)C)[Fe]42351678[CH]2[CH]1[CH]6[CH]7[CH]28)C(C)(C)C. The number of nitrogens with one attached hydrogen (secondary N) is 2. The second-order valence-corrected chi connectivity index (χ2v) is 62.7. The summed E-state index contributed by atoms with van der Waals surface area (Å²) in [6, 6.07) is 1.51. The summed E-state index contributed by atoms with van der Waals surface area (Å²) in [5.74, 6) is 0. The molecule has 2 N–H and O–H groups in total. The summed E-state index contributed by atoms with van der Waals surface area (Å²) < 4.78 is 3.57. The van der Waals surface area contributed by atoms with Crippen LogP contribution in [-0.4, -0.2) is 63.0 Å². The summed E-state index contributed by atoms with van der Waals surface area (Å²) in [4.78, 5) is 8.05. The Morgan fingerprint density at radius 2 is 1.20 bits per heavy atom. The van der Waals surface area contributed by atoms with E-state index in [-0.39, 0.29) is 7.92 Å². The third kappa shape index (κ3) is 0.617. The molecular formula is C34H62FeN2P2Si2. The zero-order chi connectivity index (χ0) is 29.4. The summed E-state index contributed by atoms with van der Waals surface area (Å²) in [5, 5.41) is 9.99. The molecule has 12 rings (SSSR count). The van der Waals surface area contributed by atoms with E-state index in [2.05, 4.69) is 101 Å². The van der Waals surface area contributed by atoms with Gasteiger partial charge in [0, 0.05) is 0 Å². The van der Waals surface area contributed by atoms with Crippen molar-refractivity contribution >= 4 is 33.3 Å². The van der Waals surface area contributed by atoms with Gasteiger partial charge >= 0.3 is 249 Å². The zero-order valence-electron chi connectivity index (χ0n) is 28.4. The third-order valence-electron chi connectivity index (χ3n) is 23.5. The Balaban J connectivity index is 1.25. The van der Waals surface area contributed by atoms with Gasteiger partial charge in [0.25, 0.3) is 0 Å². The minimum atomic E-state index is -4.23. The van der Waals surface area contributed by atoms with Gasteiger partial charge in [-0.15, -0.1) is 0 Å². The van der Waals surface area contributed by atoms with Crippen molar-refractivity contribution in [1.82, 2.24) is 10.6 Å². The minimum absolute atomic E-state index is 0.0668. The summed E-state index contributed by atoms with van der Waals surface area (Å²) >= 11 is 0. The van der Waals surface area contributed by atoms with Crippen LogP contribution in [0.5, 0.6) is 0 Å². The number of hydrogen-bond acceptors (Lipinski definition) is 2. The molecule has 0 aliphatic carbocycles. The maximum absolute atomic E-state index is 4.33. The molecule has 7 heteroatoms. The van der Waals surface area contributed by atoms with E-state index in [0.29, 0.717) is 15.5 Å². The quantitative estimate of drug-likeness (QED) is 0.208. The Labute approximate surface area is 247 Å². The Kier molecular flexibility index (Phi) is 2.33. The van der Waals surface area contributed by atoms with Gasteiger partial charge in [-0.1, -0.05) is 0 Å². The molecule has 0 amide bonds. The Bertz CT molecular complexity index is 1730. The first-order valence-corrected chi connectivity index (χ1v) is 32.9. The molecule has 0 aromatic heterocycles. The molecule has 0 saturated carbocycles. The van der Waals surface area contributed by atoms with Gasteiger partial charge in [-0.05, 0) is 0 Å². The number of fused-ring (bicyclic) bond motifs is 10. The molecule has 0 aromatic carbocycles. The fourth-order valence-corrected chi connectivity index (χ4v) is 175. The molecule has 234 valence electrons. The second kappa shape index (κ2) is 3.70. The summed E-state index contributed by atoms with van der Waals surface area (Å²) in [7, 11) is 1.08. The van der Waals surface area contributed by atoms with Gasteiger partial charge < -0.3 is 0 Å². The molecule has 12 heterocycles. The van der Waals surface area contributed by atoms with E-state index in [0.717, 1.165) is 28.6 Å². The average molecular weight is 673 g/mol. The van der Waals surface area contributed by atoms with Gasteiger partial charge in [-0.25, -0.2) is 0 Å². The molecule has 0 bridgehead atoms. The van der Waals surface area contributed by atoms with Crippen molar-refractivity contribution in [1.29, 1.82) is 0 Å². The Hall–Kier alpha value is 1.73. The zero-order valence-corrected chi connectivity index (χ0v) is 33.6. The first-order valence-electron chi connectivity index (χ1n) is 17.8. The molecule has 12 aliphatic rings. The van der Waals surface area contributed by atoms with Crippen molar-refractivity contribution in [3.05, 3.63) is 0 Å². The van der Waals surface area contributed by atoms with Gasteiger partial charge in [0.15, 0.2) is 0 Å². The van der Waals surface area contributed by atoms with E-state index < -0.39 is 22.7 Å². The monoisotopic (exact) mass is 672 g/mol. The number of rotatable bonds is 7. The van der Waals surface area contributed by atoms with Gasteiger partial charge in [-0.2, -0.15) is 0 Å². The van der Waals surface area contributed by atoms with E-state index in [1.807, 2.05) is 0 Å². The van der Waals surface area contributed by atoms with Crippen molar-refractivity contribution in [2.24, 2.45) is 0 Å². The van der Waals surface area contributed by atoms with Crippen LogP contribution < -0.4 is 10.6 Å². The van der Waals surface area contributed by atoms with Crippen molar-refractivity contribution in [3.8, 4) is 0 Å². The van der Waals surface area contributed by atoms with Gasteiger partial charge in [0.05, 0.1) is 0 Å². The van der Waals surface area contributed by atoms with E-state index in [1.54, 1.807) is 6.16 Å². The van der Waals surface area contributed by atoms with Gasteiger partial charge in [-0.3, -0.25) is 0 Å². The summed E-state index contributed by atoms with van der Waals surface area (Å²) in [5.41, 5.74) is 0. The summed E-state index contributed by atoms with van der Waals surface area (Å²) in [6.45, 7) is 32.3. The molecule has 8 unspecified atom stereocenters. The van der Waals surface area contributed by atoms with Crippen LogP contribution in [0.1, 0.15) is 67.2 Å². The van der Waals surface area contributed by atoms with E-state index in [1.165, 1.54) is 67.7 Å². The second-order valence-electron chi connectivity index (χ2n) is 23.7. The van der Waals surface area contributed by atoms with Crippen molar-refractivity contribution in [3.63, 3.8) is 0 Å². The molecule has 0 radical (unpaired) electrons. The summed E-state index contributed by atoms with van der Waals surface area (Å²) in [6.07, 6.45) is 7.49. The molecule has 12 saturated heterocycles. The van der Waals surface area contributed by atoms with Crippen LogP contribution >= 0.6 is 17.2 Å². The van der Waals surface area contributed by atoms with E-state index >= 15 is 0 Å². The van der Waals surface area contributed by atoms with Crippen LogP contribution in [0, 0.1) is 0 Å². The van der Waals surface area contributed by atoms with Gasteiger partial charge in [0.1, 0.15) is 0 Å². The third-order valence-corrected chi connectivity index (χ3v) is 92.2. The molecule has 41 heavy (non-hydrogen) atoms. The molecule has 0 aromatic rings. The molecule has 8 atom stereocenters. The molecule has 1 spiro atoms. The van der Waals surface area contributed by atoms with Crippen LogP contribution in [0.3, 0.4) is 0 Å². The first kappa shape index (κ1) is 25.8. The van der Waals surface area contributed by atoms with Crippen LogP contribution in [0.4, 0.5) is 0 Å². The average Bonchev–Trinajstić information content (AvgIpc) is 3.65. The van der Waals surface area contributed by atoms with Gasteiger partial charge in [0.2, 0.25) is 0 Å². The normalized spacial score (nSPS) is 72.9. The fraction of sp³-hybridized carbons (Fsp3) is 1.00. The van der Waals surface area contributed by atoms with E-state index in [9.17, 15) is 0 Å². The number of hydrogen-bond donors (Lipinski definition) is 2. The van der Waals surface area contributed by atoms with Crippen LogP contribution in [0.15, 0.2) is 0 Å². The first-order chi connectivity index (χ1) is 18.5. The predicted octanol–water partition coefficient (Wildman–Crippen LogP) is 9.81. The van der Waals surface area contributed by atoms with Crippen LogP contribution in [0.25, 0.3) is 0 Å². The standard InChI is InChI=1S/C29H57N2P2Si2.C5H5.Fe/c1-27(2,3)33(28(4,5)6)20-21-22(19-23(34(7,8)9)26(21)35(10,11)12)29(32,24-15-13-17-30-24)25-16-14-18-31-25;1-2-4-5-3-1;/h19,24-25,30-31H,13-18,20,32H2,1-12H3;1-5H;. The Morgan fingerprint density at radius 1 is 0.756 bits per heavy atom. The maximum atomic E-state index is 4.33. The molecule has 12 fully saturated rings.